The molecule has 0 aromatic heterocycles. The molecule has 5 fully saturated rings. The highest BCUT2D eigenvalue weighted by molar-refractivity contribution is 5.81. The zero-order valence-corrected chi connectivity index (χ0v) is 13.6. The fraction of sp³-hybridized carbons (Fsp3) is 0.944. The van der Waals surface area contributed by atoms with Gasteiger partial charge >= 0.3 is 0 Å². The molecule has 4 nitrogen and oxygen atoms in total. The zero-order chi connectivity index (χ0) is 15.2. The van der Waals surface area contributed by atoms with E-state index in [2.05, 4.69) is 5.32 Å². The molecule has 124 valence electrons. The van der Waals surface area contributed by atoms with Gasteiger partial charge in [-0.05, 0) is 80.5 Å². The summed E-state index contributed by atoms with van der Waals surface area (Å²) < 4.78 is 5.37. The highest BCUT2D eigenvalue weighted by Gasteiger charge is 2.50. The smallest absolute Gasteiger partial charge is 0.237 e. The molecule has 4 aliphatic carbocycles. The fourth-order valence-corrected chi connectivity index (χ4v) is 6.19. The first kappa shape index (κ1) is 14.9. The topological polar surface area (TPSA) is 64.4 Å². The van der Waals surface area contributed by atoms with Crippen LogP contribution in [-0.2, 0) is 9.53 Å². The Morgan fingerprint density at radius 2 is 1.64 bits per heavy atom. The molecule has 0 aromatic rings. The predicted molar refractivity (Wildman–Crippen MR) is 85.1 cm³/mol. The highest BCUT2D eigenvalue weighted by Crippen LogP contribution is 2.59. The van der Waals surface area contributed by atoms with E-state index in [9.17, 15) is 4.79 Å². The number of nitrogens with two attached hydrogens (primary N) is 1. The molecule has 5 aliphatic rings. The second kappa shape index (κ2) is 5.79. The summed E-state index contributed by atoms with van der Waals surface area (Å²) in [5, 5.41) is 3.23. The van der Waals surface area contributed by atoms with Gasteiger partial charge in [0, 0.05) is 19.8 Å². The van der Waals surface area contributed by atoms with Gasteiger partial charge in [0.2, 0.25) is 5.91 Å². The summed E-state index contributed by atoms with van der Waals surface area (Å²) in [5.74, 6) is 3.18. The van der Waals surface area contributed by atoms with Crippen molar-refractivity contribution in [2.75, 3.05) is 19.8 Å². The molecule has 1 amide bonds. The summed E-state index contributed by atoms with van der Waals surface area (Å²) in [7, 11) is 0. The van der Waals surface area contributed by atoms with E-state index in [1.54, 1.807) is 0 Å². The Bertz CT molecular complexity index is 396. The number of carbonyl (C=O) groups is 1. The van der Waals surface area contributed by atoms with Crippen molar-refractivity contribution < 1.29 is 9.53 Å². The second-order valence-electron chi connectivity index (χ2n) is 8.61. The van der Waals surface area contributed by atoms with Crippen LogP contribution in [0.1, 0.15) is 51.4 Å². The maximum absolute atomic E-state index is 12.5. The van der Waals surface area contributed by atoms with Crippen molar-refractivity contribution in [2.24, 2.45) is 34.8 Å². The molecule has 1 aliphatic heterocycles. The van der Waals surface area contributed by atoms with E-state index in [-0.39, 0.29) is 11.9 Å². The second-order valence-corrected chi connectivity index (χ2v) is 8.61. The lowest BCUT2D eigenvalue weighted by Crippen LogP contribution is -2.54. The van der Waals surface area contributed by atoms with Crippen molar-refractivity contribution in [3.05, 3.63) is 0 Å². The van der Waals surface area contributed by atoms with Crippen molar-refractivity contribution >= 4 is 5.91 Å². The lowest BCUT2D eigenvalue weighted by Gasteiger charge is -2.57. The zero-order valence-electron chi connectivity index (χ0n) is 13.6. The van der Waals surface area contributed by atoms with Crippen molar-refractivity contribution in [3.8, 4) is 0 Å². The number of amides is 1. The minimum atomic E-state index is -0.349. The lowest BCUT2D eigenvalue weighted by atomic mass is 9.49. The number of ether oxygens (including phenoxy) is 1. The minimum Gasteiger partial charge on any atom is -0.381 e. The van der Waals surface area contributed by atoms with E-state index < -0.39 is 0 Å². The standard InChI is InChI=1S/C18H30N2O2/c19-16(15-1-3-22-4-2-15)17(21)20-11-18-8-12-5-13(9-18)7-14(6-12)10-18/h12-16H,1-11,19H2,(H,20,21). The molecule has 1 heterocycles. The molecule has 0 aromatic carbocycles. The minimum absolute atomic E-state index is 0.0719. The van der Waals surface area contributed by atoms with E-state index in [0.717, 1.165) is 50.4 Å². The average Bonchev–Trinajstić information content (AvgIpc) is 2.51. The maximum Gasteiger partial charge on any atom is 0.237 e. The first-order valence-electron chi connectivity index (χ1n) is 9.25. The van der Waals surface area contributed by atoms with E-state index >= 15 is 0 Å². The normalized spacial score (nSPS) is 42.3. The van der Waals surface area contributed by atoms with Crippen LogP contribution < -0.4 is 11.1 Å². The third-order valence-electron chi connectivity index (χ3n) is 6.88. The monoisotopic (exact) mass is 306 g/mol. The third kappa shape index (κ3) is 2.80. The Morgan fingerprint density at radius 1 is 1.09 bits per heavy atom. The SMILES string of the molecule is NC(C(=O)NCC12CC3CC(CC(C3)C1)C2)C1CCOCC1. The molecule has 1 atom stereocenters. The Balaban J connectivity index is 1.33. The van der Waals surface area contributed by atoms with Crippen molar-refractivity contribution in [3.63, 3.8) is 0 Å². The van der Waals surface area contributed by atoms with Gasteiger partial charge in [0.05, 0.1) is 6.04 Å². The number of hydrogen-bond donors (Lipinski definition) is 2. The molecule has 1 saturated heterocycles. The Morgan fingerprint density at radius 3 is 2.18 bits per heavy atom. The van der Waals surface area contributed by atoms with Crippen LogP contribution >= 0.6 is 0 Å². The van der Waals surface area contributed by atoms with Crippen molar-refractivity contribution in [1.29, 1.82) is 0 Å². The van der Waals surface area contributed by atoms with Gasteiger partial charge in [-0.1, -0.05) is 0 Å². The van der Waals surface area contributed by atoms with E-state index in [1.807, 2.05) is 0 Å². The van der Waals surface area contributed by atoms with Crippen molar-refractivity contribution in [2.45, 2.75) is 57.4 Å². The maximum atomic E-state index is 12.5. The number of nitrogens with one attached hydrogen (secondary N) is 1. The molecular formula is C18H30N2O2. The third-order valence-corrected chi connectivity index (χ3v) is 6.88. The van der Waals surface area contributed by atoms with E-state index in [4.69, 9.17) is 10.5 Å². The summed E-state index contributed by atoms with van der Waals surface area (Å²) in [6.07, 6.45) is 10.2. The number of carbonyl (C=O) groups excluding carboxylic acids is 1. The van der Waals surface area contributed by atoms with Crippen LogP contribution in [0.3, 0.4) is 0 Å². The highest BCUT2D eigenvalue weighted by atomic mass is 16.5. The lowest BCUT2D eigenvalue weighted by molar-refractivity contribution is -0.126. The Kier molecular flexibility index (Phi) is 3.93. The summed E-state index contributed by atoms with van der Waals surface area (Å²) in [4.78, 5) is 12.5. The van der Waals surface area contributed by atoms with Crippen LogP contribution in [0.4, 0.5) is 0 Å². The molecule has 22 heavy (non-hydrogen) atoms. The van der Waals surface area contributed by atoms with Gasteiger partial charge in [0.25, 0.3) is 0 Å². The molecule has 5 rings (SSSR count). The summed E-state index contributed by atoms with van der Waals surface area (Å²) in [6, 6.07) is -0.349. The summed E-state index contributed by atoms with van der Waals surface area (Å²) in [6.45, 7) is 2.37. The first-order chi connectivity index (χ1) is 10.6. The van der Waals surface area contributed by atoms with Crippen molar-refractivity contribution in [1.82, 2.24) is 5.32 Å². The van der Waals surface area contributed by atoms with Gasteiger partial charge in [-0.25, -0.2) is 0 Å². The van der Waals surface area contributed by atoms with Crippen LogP contribution in [0.25, 0.3) is 0 Å². The summed E-state index contributed by atoms with van der Waals surface area (Å²) in [5.41, 5.74) is 6.60. The quantitative estimate of drug-likeness (QED) is 0.836. The van der Waals surface area contributed by atoms with E-state index in [0.29, 0.717) is 11.3 Å². The van der Waals surface area contributed by atoms with Crippen LogP contribution in [0, 0.1) is 29.1 Å². The molecule has 4 saturated carbocycles. The Hall–Kier alpha value is -0.610. The van der Waals surface area contributed by atoms with Crippen LogP contribution in [0.2, 0.25) is 0 Å². The van der Waals surface area contributed by atoms with Gasteiger partial charge in [-0.3, -0.25) is 4.79 Å². The van der Waals surface area contributed by atoms with E-state index in [1.165, 1.54) is 38.5 Å². The van der Waals surface area contributed by atoms with Gasteiger partial charge in [0.15, 0.2) is 0 Å². The largest absolute Gasteiger partial charge is 0.381 e. The molecule has 4 bridgehead atoms. The Labute approximate surface area is 133 Å². The first-order valence-corrected chi connectivity index (χ1v) is 9.25. The fourth-order valence-electron chi connectivity index (χ4n) is 6.19. The van der Waals surface area contributed by atoms with Crippen LogP contribution in [0.5, 0.6) is 0 Å². The molecule has 1 unspecified atom stereocenters. The average molecular weight is 306 g/mol. The molecular weight excluding hydrogens is 276 g/mol. The van der Waals surface area contributed by atoms with Gasteiger partial charge < -0.3 is 15.8 Å². The predicted octanol–water partition coefficient (Wildman–Crippen LogP) is 2.07. The molecule has 0 radical (unpaired) electrons. The number of hydrogen-bond acceptors (Lipinski definition) is 3. The van der Waals surface area contributed by atoms with Crippen LogP contribution in [-0.4, -0.2) is 31.7 Å². The molecule has 0 spiro atoms. The number of rotatable bonds is 4. The summed E-state index contributed by atoms with van der Waals surface area (Å²) >= 11 is 0. The molecule has 3 N–H and O–H groups in total. The van der Waals surface area contributed by atoms with Gasteiger partial charge in [-0.2, -0.15) is 0 Å². The van der Waals surface area contributed by atoms with Gasteiger partial charge in [-0.15, -0.1) is 0 Å². The molecule has 4 heteroatoms. The van der Waals surface area contributed by atoms with Gasteiger partial charge in [0.1, 0.15) is 0 Å². The van der Waals surface area contributed by atoms with Crippen LogP contribution in [0.15, 0.2) is 0 Å².